The van der Waals surface area contributed by atoms with E-state index in [0.29, 0.717) is 10.6 Å². The van der Waals surface area contributed by atoms with Crippen molar-refractivity contribution in [3.8, 4) is 5.75 Å². The van der Waals surface area contributed by atoms with Crippen LogP contribution in [0, 0.1) is 19.8 Å². The molecule has 1 N–H and O–H groups in total. The summed E-state index contributed by atoms with van der Waals surface area (Å²) in [4.78, 5) is 0.335. The van der Waals surface area contributed by atoms with Crippen molar-refractivity contribution in [2.45, 2.75) is 31.6 Å². The summed E-state index contributed by atoms with van der Waals surface area (Å²) in [5, 5.41) is 3.26. The maximum atomic E-state index is 12.6. The number of hydrogen-bond donors (Lipinski definition) is 1. The lowest BCUT2D eigenvalue weighted by molar-refractivity contribution is 0.394. The zero-order chi connectivity index (χ0) is 14.8. The molecule has 20 heavy (non-hydrogen) atoms. The molecule has 1 saturated heterocycles. The molecule has 0 amide bonds. The molecule has 0 spiro atoms. The zero-order valence-electron chi connectivity index (χ0n) is 12.4. The standard InChI is InChI=1S/C15H23NO3S/c1-11-8-14(19-3)15(9-12(11)2)20(17,18)10-13-4-6-16-7-5-13/h8-9,13,16H,4-7,10H2,1-3H3. The molecule has 1 heterocycles. The molecule has 0 unspecified atom stereocenters. The fraction of sp³-hybridized carbons (Fsp3) is 0.600. The van der Waals surface area contributed by atoms with E-state index >= 15 is 0 Å². The Kier molecular flexibility index (Phi) is 4.70. The van der Waals surface area contributed by atoms with Crippen molar-refractivity contribution >= 4 is 9.84 Å². The monoisotopic (exact) mass is 297 g/mol. The molecular weight excluding hydrogens is 274 g/mol. The lowest BCUT2D eigenvalue weighted by Crippen LogP contribution is -2.31. The Morgan fingerprint density at radius 2 is 1.80 bits per heavy atom. The van der Waals surface area contributed by atoms with Gasteiger partial charge in [-0.05, 0) is 69.0 Å². The van der Waals surface area contributed by atoms with E-state index in [2.05, 4.69) is 5.32 Å². The molecule has 0 radical (unpaired) electrons. The van der Waals surface area contributed by atoms with Crippen LogP contribution in [0.2, 0.25) is 0 Å². The van der Waals surface area contributed by atoms with Gasteiger partial charge in [-0.3, -0.25) is 0 Å². The van der Waals surface area contributed by atoms with Crippen molar-refractivity contribution in [2.24, 2.45) is 5.92 Å². The molecule has 5 heteroatoms. The van der Waals surface area contributed by atoms with Crippen LogP contribution in [0.25, 0.3) is 0 Å². The summed E-state index contributed by atoms with van der Waals surface area (Å²) in [5.74, 6) is 0.919. The third-order valence-corrected chi connectivity index (χ3v) is 5.93. The van der Waals surface area contributed by atoms with E-state index in [1.165, 1.54) is 7.11 Å². The SMILES string of the molecule is COc1cc(C)c(C)cc1S(=O)(=O)CC1CCNCC1. The van der Waals surface area contributed by atoms with Gasteiger partial charge in [0.05, 0.1) is 12.9 Å². The average Bonchev–Trinajstić information content (AvgIpc) is 2.42. The van der Waals surface area contributed by atoms with Crippen LogP contribution in [-0.4, -0.2) is 34.4 Å². The van der Waals surface area contributed by atoms with Gasteiger partial charge in [0.25, 0.3) is 0 Å². The summed E-state index contributed by atoms with van der Waals surface area (Å²) >= 11 is 0. The summed E-state index contributed by atoms with van der Waals surface area (Å²) in [5.41, 5.74) is 2.03. The lowest BCUT2D eigenvalue weighted by atomic mass is 10.0. The van der Waals surface area contributed by atoms with E-state index in [0.717, 1.165) is 37.1 Å². The van der Waals surface area contributed by atoms with E-state index in [-0.39, 0.29) is 11.7 Å². The second-order valence-electron chi connectivity index (χ2n) is 5.56. The number of sulfone groups is 1. The van der Waals surface area contributed by atoms with E-state index in [1.54, 1.807) is 6.07 Å². The smallest absolute Gasteiger partial charge is 0.182 e. The fourth-order valence-corrected chi connectivity index (χ4v) is 4.55. The zero-order valence-corrected chi connectivity index (χ0v) is 13.2. The second-order valence-corrected chi connectivity index (χ2v) is 7.56. The fourth-order valence-electron chi connectivity index (χ4n) is 2.61. The molecule has 0 bridgehead atoms. The molecule has 0 aliphatic carbocycles. The maximum Gasteiger partial charge on any atom is 0.182 e. The Hall–Kier alpha value is -1.07. The highest BCUT2D eigenvalue weighted by molar-refractivity contribution is 7.91. The molecule has 1 aliphatic heterocycles. The molecule has 1 fully saturated rings. The average molecular weight is 297 g/mol. The Morgan fingerprint density at radius 1 is 1.20 bits per heavy atom. The number of benzene rings is 1. The van der Waals surface area contributed by atoms with Crippen LogP contribution < -0.4 is 10.1 Å². The van der Waals surface area contributed by atoms with Crippen molar-refractivity contribution in [2.75, 3.05) is 26.0 Å². The predicted molar refractivity (Wildman–Crippen MR) is 80.1 cm³/mol. The molecule has 0 aromatic heterocycles. The maximum absolute atomic E-state index is 12.6. The summed E-state index contributed by atoms with van der Waals surface area (Å²) < 4.78 is 30.6. The summed E-state index contributed by atoms with van der Waals surface area (Å²) in [6, 6.07) is 3.55. The largest absolute Gasteiger partial charge is 0.495 e. The van der Waals surface area contributed by atoms with Crippen molar-refractivity contribution < 1.29 is 13.2 Å². The van der Waals surface area contributed by atoms with Gasteiger partial charge in [-0.15, -0.1) is 0 Å². The van der Waals surface area contributed by atoms with Crippen LogP contribution in [0.4, 0.5) is 0 Å². The Balaban J connectivity index is 2.30. The van der Waals surface area contributed by atoms with Crippen LogP contribution in [0.3, 0.4) is 0 Å². The minimum Gasteiger partial charge on any atom is -0.495 e. The van der Waals surface area contributed by atoms with Gasteiger partial charge in [0.1, 0.15) is 10.6 Å². The van der Waals surface area contributed by atoms with Crippen molar-refractivity contribution in [1.29, 1.82) is 0 Å². The molecule has 1 aromatic carbocycles. The Morgan fingerprint density at radius 3 is 2.40 bits per heavy atom. The minimum absolute atomic E-state index is 0.216. The minimum atomic E-state index is -3.29. The van der Waals surface area contributed by atoms with E-state index in [4.69, 9.17) is 4.74 Å². The summed E-state index contributed by atoms with van der Waals surface area (Å²) in [7, 11) is -1.77. The summed E-state index contributed by atoms with van der Waals surface area (Å²) in [6.07, 6.45) is 1.85. The topological polar surface area (TPSA) is 55.4 Å². The third kappa shape index (κ3) is 3.33. The normalized spacial score (nSPS) is 17.1. The predicted octanol–water partition coefficient (Wildman–Crippen LogP) is 2.09. The number of methoxy groups -OCH3 is 1. The number of hydrogen-bond acceptors (Lipinski definition) is 4. The van der Waals surface area contributed by atoms with Crippen molar-refractivity contribution in [3.05, 3.63) is 23.3 Å². The Bertz CT molecular complexity index is 575. The van der Waals surface area contributed by atoms with Gasteiger partial charge in [0.15, 0.2) is 9.84 Å². The second kappa shape index (κ2) is 6.14. The van der Waals surface area contributed by atoms with E-state index in [9.17, 15) is 8.42 Å². The van der Waals surface area contributed by atoms with Crippen molar-refractivity contribution in [1.82, 2.24) is 5.32 Å². The number of nitrogens with one attached hydrogen (secondary N) is 1. The molecule has 112 valence electrons. The van der Waals surface area contributed by atoms with Gasteiger partial charge in [0.2, 0.25) is 0 Å². The molecular formula is C15H23NO3S. The van der Waals surface area contributed by atoms with Crippen molar-refractivity contribution in [3.63, 3.8) is 0 Å². The van der Waals surface area contributed by atoms with Crippen LogP contribution >= 0.6 is 0 Å². The van der Waals surface area contributed by atoms with Gasteiger partial charge in [-0.25, -0.2) is 8.42 Å². The first kappa shape index (κ1) is 15.3. The molecule has 0 saturated carbocycles. The highest BCUT2D eigenvalue weighted by Crippen LogP contribution is 2.30. The number of ether oxygens (including phenoxy) is 1. The van der Waals surface area contributed by atoms with Gasteiger partial charge in [-0.2, -0.15) is 0 Å². The first-order valence-corrected chi connectivity index (χ1v) is 8.68. The first-order chi connectivity index (χ1) is 9.44. The number of piperidine rings is 1. The van der Waals surface area contributed by atoms with Gasteiger partial charge in [0, 0.05) is 0 Å². The lowest BCUT2D eigenvalue weighted by Gasteiger charge is -2.23. The number of rotatable bonds is 4. The molecule has 2 rings (SSSR count). The van der Waals surface area contributed by atoms with Gasteiger partial charge < -0.3 is 10.1 Å². The first-order valence-electron chi connectivity index (χ1n) is 7.03. The van der Waals surface area contributed by atoms with Crippen LogP contribution in [0.1, 0.15) is 24.0 Å². The highest BCUT2D eigenvalue weighted by atomic mass is 32.2. The molecule has 1 aromatic rings. The Labute approximate surface area is 121 Å². The van der Waals surface area contributed by atoms with Gasteiger partial charge in [-0.1, -0.05) is 0 Å². The molecule has 0 atom stereocenters. The van der Waals surface area contributed by atoms with Crippen LogP contribution in [-0.2, 0) is 9.84 Å². The van der Waals surface area contributed by atoms with E-state index in [1.807, 2.05) is 19.9 Å². The quantitative estimate of drug-likeness (QED) is 0.924. The van der Waals surface area contributed by atoms with Gasteiger partial charge >= 0.3 is 0 Å². The number of aryl methyl sites for hydroxylation is 2. The molecule has 1 aliphatic rings. The van der Waals surface area contributed by atoms with Crippen LogP contribution in [0.15, 0.2) is 17.0 Å². The highest BCUT2D eigenvalue weighted by Gasteiger charge is 2.26. The van der Waals surface area contributed by atoms with E-state index < -0.39 is 9.84 Å². The molecule has 4 nitrogen and oxygen atoms in total. The van der Waals surface area contributed by atoms with Crippen LogP contribution in [0.5, 0.6) is 5.75 Å². The third-order valence-electron chi connectivity index (χ3n) is 4.03. The summed E-state index contributed by atoms with van der Waals surface area (Å²) in [6.45, 7) is 5.70.